The molecule has 1 amide bonds. The van der Waals surface area contributed by atoms with Gasteiger partial charge in [0.25, 0.3) is 5.91 Å². The van der Waals surface area contributed by atoms with Crippen LogP contribution in [0.15, 0.2) is 54.0 Å². The highest BCUT2D eigenvalue weighted by molar-refractivity contribution is 7.12. The minimum absolute atomic E-state index is 0.0926. The topological polar surface area (TPSA) is 86.2 Å². The molecule has 2 N–H and O–H groups in total. The van der Waals surface area contributed by atoms with Gasteiger partial charge in [-0.2, -0.15) is 0 Å². The zero-order valence-electron chi connectivity index (χ0n) is 15.9. The lowest BCUT2D eigenvalue weighted by atomic mass is 10.0. The van der Waals surface area contributed by atoms with Crippen molar-refractivity contribution in [3.05, 3.63) is 80.6 Å². The fraction of sp³-hybridized carbons (Fsp3) is 0.143. The average molecular weight is 427 g/mol. The summed E-state index contributed by atoms with van der Waals surface area (Å²) < 4.78 is 0. The second kappa shape index (κ2) is 8.98. The quantitative estimate of drug-likeness (QED) is 0.348. The standard InChI is InChI=1S/C21H19ClN4O2S/c1-26(2)20(23)14-5-3-13(4-6-14)17(27)11-15-9-10-29-19(15)21(28)25-18-8-7-16(22)12-24-18/h3-10,12,23H,11H2,1-2H3,(H,24,25,28). The fourth-order valence-corrected chi connectivity index (χ4v) is 3.57. The van der Waals surface area contributed by atoms with Crippen LogP contribution in [-0.4, -0.2) is 41.5 Å². The van der Waals surface area contributed by atoms with E-state index in [1.807, 2.05) is 0 Å². The van der Waals surface area contributed by atoms with Crippen LogP contribution >= 0.6 is 22.9 Å². The predicted octanol–water partition coefficient (Wildman–Crippen LogP) is 4.36. The zero-order chi connectivity index (χ0) is 21.0. The molecule has 0 saturated carbocycles. The van der Waals surface area contributed by atoms with Crippen molar-refractivity contribution in [2.75, 3.05) is 19.4 Å². The Morgan fingerprint density at radius 3 is 2.41 bits per heavy atom. The van der Waals surface area contributed by atoms with Crippen molar-refractivity contribution < 1.29 is 9.59 Å². The number of amides is 1. The second-order valence-corrected chi connectivity index (χ2v) is 7.86. The van der Waals surface area contributed by atoms with E-state index in [9.17, 15) is 9.59 Å². The molecule has 1 aromatic carbocycles. The Kier molecular flexibility index (Phi) is 6.41. The first-order chi connectivity index (χ1) is 13.8. The van der Waals surface area contributed by atoms with E-state index in [1.54, 1.807) is 66.8 Å². The van der Waals surface area contributed by atoms with Gasteiger partial charge in [-0.25, -0.2) is 4.98 Å². The number of benzene rings is 1. The number of halogens is 1. The number of nitrogens with one attached hydrogen (secondary N) is 2. The Balaban J connectivity index is 1.70. The summed E-state index contributed by atoms with van der Waals surface area (Å²) in [6.45, 7) is 0. The highest BCUT2D eigenvalue weighted by Gasteiger charge is 2.17. The van der Waals surface area contributed by atoms with E-state index in [1.165, 1.54) is 17.5 Å². The van der Waals surface area contributed by atoms with Crippen LogP contribution in [0.5, 0.6) is 0 Å². The minimum atomic E-state index is -0.313. The summed E-state index contributed by atoms with van der Waals surface area (Å²) in [7, 11) is 3.59. The molecule has 0 radical (unpaired) electrons. The van der Waals surface area contributed by atoms with E-state index in [0.717, 1.165) is 5.56 Å². The summed E-state index contributed by atoms with van der Waals surface area (Å²) in [5.41, 5.74) is 1.94. The number of ketones is 1. The van der Waals surface area contributed by atoms with E-state index < -0.39 is 0 Å². The Hall–Kier alpha value is -3.03. The third-order valence-corrected chi connectivity index (χ3v) is 5.38. The molecule has 2 heterocycles. The Labute approximate surface area is 177 Å². The number of Topliss-reactive ketones (excluding diaryl/α,β-unsaturated/α-hetero) is 1. The van der Waals surface area contributed by atoms with Crippen molar-refractivity contribution in [3.8, 4) is 0 Å². The van der Waals surface area contributed by atoms with Crippen molar-refractivity contribution in [2.24, 2.45) is 0 Å². The normalized spacial score (nSPS) is 10.4. The molecule has 0 aliphatic heterocycles. The van der Waals surface area contributed by atoms with E-state index in [2.05, 4.69) is 10.3 Å². The predicted molar refractivity (Wildman–Crippen MR) is 117 cm³/mol. The van der Waals surface area contributed by atoms with Gasteiger partial charge in [-0.3, -0.25) is 15.0 Å². The number of aromatic nitrogens is 1. The maximum atomic E-state index is 12.7. The van der Waals surface area contributed by atoms with Crippen molar-refractivity contribution in [2.45, 2.75) is 6.42 Å². The van der Waals surface area contributed by atoms with E-state index >= 15 is 0 Å². The molecule has 148 valence electrons. The van der Waals surface area contributed by atoms with Gasteiger partial charge in [0.1, 0.15) is 11.7 Å². The van der Waals surface area contributed by atoms with E-state index in [-0.39, 0.29) is 18.1 Å². The number of hydrogen-bond donors (Lipinski definition) is 2. The molecule has 0 spiro atoms. The number of carbonyl (C=O) groups is 2. The van der Waals surface area contributed by atoms with Crippen LogP contribution in [0.3, 0.4) is 0 Å². The Morgan fingerprint density at radius 1 is 1.10 bits per heavy atom. The maximum absolute atomic E-state index is 12.7. The summed E-state index contributed by atoms with van der Waals surface area (Å²) in [5.74, 6) is 0.359. The van der Waals surface area contributed by atoms with Gasteiger partial charge in [0.15, 0.2) is 5.78 Å². The van der Waals surface area contributed by atoms with Gasteiger partial charge < -0.3 is 10.2 Å². The largest absolute Gasteiger partial charge is 0.363 e. The lowest BCUT2D eigenvalue weighted by Gasteiger charge is -2.13. The second-order valence-electron chi connectivity index (χ2n) is 6.51. The molecule has 6 nitrogen and oxygen atoms in total. The van der Waals surface area contributed by atoms with Gasteiger partial charge in [0.2, 0.25) is 0 Å². The smallest absolute Gasteiger partial charge is 0.267 e. The van der Waals surface area contributed by atoms with Crippen LogP contribution < -0.4 is 5.32 Å². The summed E-state index contributed by atoms with van der Waals surface area (Å²) >= 11 is 7.08. The molecule has 0 unspecified atom stereocenters. The number of amidine groups is 1. The van der Waals surface area contributed by atoms with Crippen LogP contribution in [0.1, 0.15) is 31.2 Å². The van der Waals surface area contributed by atoms with E-state index in [4.69, 9.17) is 17.0 Å². The number of rotatable bonds is 6. The van der Waals surface area contributed by atoms with Gasteiger partial charge in [-0.15, -0.1) is 11.3 Å². The highest BCUT2D eigenvalue weighted by Crippen LogP contribution is 2.21. The SMILES string of the molecule is CN(C)C(=N)c1ccc(C(=O)Cc2ccsc2C(=O)Nc2ccc(Cl)cn2)cc1. The van der Waals surface area contributed by atoms with Crippen molar-refractivity contribution in [1.29, 1.82) is 5.41 Å². The monoisotopic (exact) mass is 426 g/mol. The highest BCUT2D eigenvalue weighted by atomic mass is 35.5. The average Bonchev–Trinajstić information content (AvgIpc) is 3.17. The number of thiophene rings is 1. The van der Waals surface area contributed by atoms with Gasteiger partial charge in [-0.1, -0.05) is 35.9 Å². The third kappa shape index (κ3) is 5.07. The van der Waals surface area contributed by atoms with Gasteiger partial charge in [0.05, 0.1) is 9.90 Å². The number of anilines is 1. The van der Waals surface area contributed by atoms with Gasteiger partial charge in [0, 0.05) is 37.8 Å². The van der Waals surface area contributed by atoms with Gasteiger partial charge >= 0.3 is 0 Å². The first-order valence-electron chi connectivity index (χ1n) is 8.74. The lowest BCUT2D eigenvalue weighted by Crippen LogP contribution is -2.21. The Morgan fingerprint density at radius 2 is 1.79 bits per heavy atom. The maximum Gasteiger partial charge on any atom is 0.267 e. The van der Waals surface area contributed by atoms with Crippen LogP contribution in [0.25, 0.3) is 0 Å². The molecule has 0 aliphatic carbocycles. The molecular formula is C21H19ClN4O2S. The molecule has 3 aromatic rings. The summed E-state index contributed by atoms with van der Waals surface area (Å²) in [6.07, 6.45) is 1.57. The first-order valence-corrected chi connectivity index (χ1v) is 9.99. The molecule has 2 aromatic heterocycles. The summed E-state index contributed by atoms with van der Waals surface area (Å²) in [4.78, 5) is 31.5. The molecule has 0 bridgehead atoms. The summed E-state index contributed by atoms with van der Waals surface area (Å²) in [6, 6.07) is 12.0. The number of hydrogen-bond acceptors (Lipinski definition) is 5. The van der Waals surface area contributed by atoms with Crippen LogP contribution in [0, 0.1) is 5.41 Å². The van der Waals surface area contributed by atoms with E-state index in [0.29, 0.717) is 32.7 Å². The molecule has 8 heteroatoms. The lowest BCUT2D eigenvalue weighted by molar-refractivity contribution is 0.0993. The third-order valence-electron chi connectivity index (χ3n) is 4.20. The van der Waals surface area contributed by atoms with Crippen molar-refractivity contribution >= 4 is 46.3 Å². The van der Waals surface area contributed by atoms with Crippen molar-refractivity contribution in [3.63, 3.8) is 0 Å². The Bertz CT molecular complexity index is 1040. The van der Waals surface area contributed by atoms with Crippen LogP contribution in [0.4, 0.5) is 5.82 Å². The molecule has 3 rings (SSSR count). The zero-order valence-corrected chi connectivity index (χ0v) is 17.5. The number of pyridine rings is 1. The molecule has 0 fully saturated rings. The first kappa shape index (κ1) is 20.7. The molecule has 29 heavy (non-hydrogen) atoms. The molecule has 0 atom stereocenters. The molecular weight excluding hydrogens is 408 g/mol. The fourth-order valence-electron chi connectivity index (χ4n) is 2.64. The van der Waals surface area contributed by atoms with Crippen molar-refractivity contribution in [1.82, 2.24) is 9.88 Å². The molecule has 0 aliphatic rings. The summed E-state index contributed by atoms with van der Waals surface area (Å²) in [5, 5.41) is 13.0. The number of carbonyl (C=O) groups excluding carboxylic acids is 2. The number of nitrogens with zero attached hydrogens (tertiary/aromatic N) is 2. The van der Waals surface area contributed by atoms with Crippen LogP contribution in [-0.2, 0) is 6.42 Å². The van der Waals surface area contributed by atoms with Crippen LogP contribution in [0.2, 0.25) is 5.02 Å². The molecule has 0 saturated heterocycles. The minimum Gasteiger partial charge on any atom is -0.363 e. The van der Waals surface area contributed by atoms with Gasteiger partial charge in [-0.05, 0) is 29.1 Å².